The van der Waals surface area contributed by atoms with Gasteiger partial charge in [0.1, 0.15) is 0 Å². The fourth-order valence-corrected chi connectivity index (χ4v) is 3.62. The SMILES string of the molecule is COc1ccc(CNC2CCCCCCCCCCC2)cc1OC.Cl. The van der Waals surface area contributed by atoms with Crippen molar-refractivity contribution in [3.05, 3.63) is 23.8 Å². The Morgan fingerprint density at radius 1 is 0.800 bits per heavy atom. The first kappa shape index (κ1) is 22.1. The van der Waals surface area contributed by atoms with E-state index in [0.29, 0.717) is 6.04 Å². The van der Waals surface area contributed by atoms with Crippen molar-refractivity contribution in [2.45, 2.75) is 83.2 Å². The van der Waals surface area contributed by atoms with Gasteiger partial charge >= 0.3 is 0 Å². The molecule has 2 rings (SSSR count). The molecule has 0 aliphatic heterocycles. The minimum absolute atomic E-state index is 0. The summed E-state index contributed by atoms with van der Waals surface area (Å²) in [5.41, 5.74) is 1.26. The summed E-state index contributed by atoms with van der Waals surface area (Å²) in [6.07, 6.45) is 15.3. The van der Waals surface area contributed by atoms with Crippen molar-refractivity contribution >= 4 is 12.4 Å². The number of halogens is 1. The first-order valence-electron chi connectivity index (χ1n) is 9.78. The first-order chi connectivity index (χ1) is 11.8. The Bertz CT molecular complexity index is 455. The highest BCUT2D eigenvalue weighted by atomic mass is 35.5. The second kappa shape index (κ2) is 13.3. The number of hydrogen-bond acceptors (Lipinski definition) is 3. The average molecular weight is 370 g/mol. The summed E-state index contributed by atoms with van der Waals surface area (Å²) < 4.78 is 10.7. The van der Waals surface area contributed by atoms with E-state index in [1.807, 2.05) is 6.07 Å². The maximum atomic E-state index is 5.41. The Morgan fingerprint density at radius 3 is 1.84 bits per heavy atom. The summed E-state index contributed by atoms with van der Waals surface area (Å²) in [6, 6.07) is 6.86. The minimum atomic E-state index is 0. The lowest BCUT2D eigenvalue weighted by Gasteiger charge is -2.20. The Balaban J connectivity index is 0.00000312. The highest BCUT2D eigenvalue weighted by Gasteiger charge is 2.10. The molecule has 0 aromatic heterocycles. The summed E-state index contributed by atoms with van der Waals surface area (Å²) in [6.45, 7) is 0.908. The van der Waals surface area contributed by atoms with E-state index in [9.17, 15) is 0 Å². The lowest BCUT2D eigenvalue weighted by Crippen LogP contribution is -2.28. The van der Waals surface area contributed by atoms with Gasteiger partial charge in [-0.2, -0.15) is 0 Å². The number of benzene rings is 1. The van der Waals surface area contributed by atoms with Crippen LogP contribution in [0.3, 0.4) is 0 Å². The molecule has 0 unspecified atom stereocenters. The summed E-state index contributed by atoms with van der Waals surface area (Å²) in [7, 11) is 3.38. The topological polar surface area (TPSA) is 30.5 Å². The third kappa shape index (κ3) is 8.33. The molecule has 1 saturated carbocycles. The molecule has 0 heterocycles. The third-order valence-corrected chi connectivity index (χ3v) is 5.15. The van der Waals surface area contributed by atoms with Crippen molar-refractivity contribution in [3.8, 4) is 11.5 Å². The Labute approximate surface area is 160 Å². The Hall–Kier alpha value is -0.930. The summed E-state index contributed by atoms with van der Waals surface area (Å²) in [5, 5.41) is 3.78. The van der Waals surface area contributed by atoms with E-state index < -0.39 is 0 Å². The molecule has 0 saturated heterocycles. The fraction of sp³-hybridized carbons (Fsp3) is 0.714. The number of ether oxygens (including phenoxy) is 2. The third-order valence-electron chi connectivity index (χ3n) is 5.15. The van der Waals surface area contributed by atoms with Crippen molar-refractivity contribution < 1.29 is 9.47 Å². The van der Waals surface area contributed by atoms with Crippen LogP contribution in [0.15, 0.2) is 18.2 Å². The van der Waals surface area contributed by atoms with Gasteiger partial charge in [-0.15, -0.1) is 12.4 Å². The molecule has 1 N–H and O–H groups in total. The van der Waals surface area contributed by atoms with Gasteiger partial charge in [0.05, 0.1) is 14.2 Å². The molecule has 0 radical (unpaired) electrons. The second-order valence-corrected chi connectivity index (χ2v) is 7.03. The molecule has 1 aromatic rings. The average Bonchev–Trinajstić information content (AvgIpc) is 2.61. The van der Waals surface area contributed by atoms with E-state index in [0.717, 1.165) is 18.0 Å². The van der Waals surface area contributed by atoms with E-state index in [2.05, 4.69) is 17.4 Å². The number of rotatable bonds is 5. The lowest BCUT2D eigenvalue weighted by atomic mass is 9.98. The predicted molar refractivity (Wildman–Crippen MR) is 108 cm³/mol. The van der Waals surface area contributed by atoms with Crippen LogP contribution in [0.1, 0.15) is 76.2 Å². The van der Waals surface area contributed by atoms with Crippen LogP contribution >= 0.6 is 12.4 Å². The molecule has 0 bridgehead atoms. The molecule has 0 atom stereocenters. The van der Waals surface area contributed by atoms with Gasteiger partial charge in [-0.3, -0.25) is 0 Å². The van der Waals surface area contributed by atoms with Crippen LogP contribution in [0.2, 0.25) is 0 Å². The van der Waals surface area contributed by atoms with Crippen LogP contribution in [-0.4, -0.2) is 20.3 Å². The van der Waals surface area contributed by atoms with Crippen molar-refractivity contribution in [3.63, 3.8) is 0 Å². The van der Waals surface area contributed by atoms with Gasteiger partial charge in [-0.1, -0.05) is 63.9 Å². The molecule has 1 fully saturated rings. The zero-order chi connectivity index (χ0) is 17.0. The van der Waals surface area contributed by atoms with Gasteiger partial charge in [0.2, 0.25) is 0 Å². The lowest BCUT2D eigenvalue weighted by molar-refractivity contribution is 0.354. The van der Waals surface area contributed by atoms with E-state index >= 15 is 0 Å². The molecule has 1 aliphatic carbocycles. The summed E-state index contributed by atoms with van der Waals surface area (Å²) in [5.74, 6) is 1.61. The van der Waals surface area contributed by atoms with Crippen molar-refractivity contribution in [2.24, 2.45) is 0 Å². The predicted octanol–water partition coefficient (Wildman–Crippen LogP) is 5.89. The molecular weight excluding hydrogens is 334 g/mol. The zero-order valence-electron chi connectivity index (χ0n) is 16.0. The minimum Gasteiger partial charge on any atom is -0.493 e. The van der Waals surface area contributed by atoms with Crippen molar-refractivity contribution in [1.82, 2.24) is 5.32 Å². The van der Waals surface area contributed by atoms with Crippen LogP contribution in [0.4, 0.5) is 0 Å². The van der Waals surface area contributed by atoms with Crippen LogP contribution < -0.4 is 14.8 Å². The van der Waals surface area contributed by atoms with E-state index in [1.54, 1.807) is 14.2 Å². The smallest absolute Gasteiger partial charge is 0.161 e. The normalized spacial score (nSPS) is 17.7. The quantitative estimate of drug-likeness (QED) is 0.702. The highest BCUT2D eigenvalue weighted by Crippen LogP contribution is 2.27. The van der Waals surface area contributed by atoms with Crippen LogP contribution in [-0.2, 0) is 6.54 Å². The number of hydrogen-bond donors (Lipinski definition) is 1. The Kier molecular flexibility index (Phi) is 11.8. The van der Waals surface area contributed by atoms with E-state index in [4.69, 9.17) is 9.47 Å². The van der Waals surface area contributed by atoms with Gasteiger partial charge in [-0.25, -0.2) is 0 Å². The van der Waals surface area contributed by atoms with Crippen LogP contribution in [0.5, 0.6) is 11.5 Å². The van der Waals surface area contributed by atoms with Gasteiger partial charge < -0.3 is 14.8 Å². The van der Waals surface area contributed by atoms with Gasteiger partial charge in [0.15, 0.2) is 11.5 Å². The monoisotopic (exact) mass is 369 g/mol. The Morgan fingerprint density at radius 2 is 1.32 bits per heavy atom. The fourth-order valence-electron chi connectivity index (χ4n) is 3.62. The maximum absolute atomic E-state index is 5.41. The van der Waals surface area contributed by atoms with Crippen molar-refractivity contribution in [1.29, 1.82) is 0 Å². The molecule has 4 heteroatoms. The standard InChI is InChI=1S/C21H35NO2.ClH/c1-23-20-15-14-18(16-21(20)24-2)17-22-19-12-10-8-6-4-3-5-7-9-11-13-19;/h14-16,19,22H,3-13,17H2,1-2H3;1H. The summed E-state index contributed by atoms with van der Waals surface area (Å²) >= 11 is 0. The molecule has 1 aromatic carbocycles. The van der Waals surface area contributed by atoms with Gasteiger partial charge in [0, 0.05) is 12.6 Å². The van der Waals surface area contributed by atoms with Crippen LogP contribution in [0.25, 0.3) is 0 Å². The molecule has 144 valence electrons. The van der Waals surface area contributed by atoms with Crippen molar-refractivity contribution in [2.75, 3.05) is 14.2 Å². The van der Waals surface area contributed by atoms with Gasteiger partial charge in [0.25, 0.3) is 0 Å². The molecule has 3 nitrogen and oxygen atoms in total. The van der Waals surface area contributed by atoms with Crippen LogP contribution in [0, 0.1) is 0 Å². The molecule has 0 amide bonds. The number of nitrogens with one attached hydrogen (secondary N) is 1. The maximum Gasteiger partial charge on any atom is 0.161 e. The van der Waals surface area contributed by atoms with E-state index in [1.165, 1.54) is 76.2 Å². The first-order valence-corrected chi connectivity index (χ1v) is 9.78. The second-order valence-electron chi connectivity index (χ2n) is 7.03. The molecule has 25 heavy (non-hydrogen) atoms. The largest absolute Gasteiger partial charge is 0.493 e. The highest BCUT2D eigenvalue weighted by molar-refractivity contribution is 5.85. The zero-order valence-corrected chi connectivity index (χ0v) is 16.8. The van der Waals surface area contributed by atoms with E-state index in [-0.39, 0.29) is 12.4 Å². The van der Waals surface area contributed by atoms with Gasteiger partial charge in [-0.05, 0) is 30.5 Å². The molecular formula is C21H36ClNO2. The number of methoxy groups -OCH3 is 2. The molecule has 1 aliphatic rings. The molecule has 0 spiro atoms. The summed E-state index contributed by atoms with van der Waals surface area (Å²) in [4.78, 5) is 0.